The molecular formula is C22H38N4O3. The van der Waals surface area contributed by atoms with Crippen LogP contribution in [0.4, 0.5) is 4.79 Å². The molecule has 1 atom stereocenters. The summed E-state index contributed by atoms with van der Waals surface area (Å²) in [6, 6.07) is 0.394. The van der Waals surface area contributed by atoms with Gasteiger partial charge in [0.15, 0.2) is 0 Å². The van der Waals surface area contributed by atoms with Crippen molar-refractivity contribution in [2.24, 2.45) is 5.92 Å². The van der Waals surface area contributed by atoms with Gasteiger partial charge in [-0.15, -0.1) is 0 Å². The number of piperidine rings is 2. The first-order valence-electron chi connectivity index (χ1n) is 11.7. The average Bonchev–Trinajstić information content (AvgIpc) is 2.75. The lowest BCUT2D eigenvalue weighted by Gasteiger charge is -2.38. The molecule has 3 fully saturated rings. The lowest BCUT2D eigenvalue weighted by molar-refractivity contribution is -0.141. The van der Waals surface area contributed by atoms with Gasteiger partial charge in [0, 0.05) is 44.7 Å². The molecular weight excluding hydrogens is 368 g/mol. The highest BCUT2D eigenvalue weighted by Gasteiger charge is 2.33. The second kappa shape index (κ2) is 10.8. The van der Waals surface area contributed by atoms with Gasteiger partial charge in [0.25, 0.3) is 0 Å². The maximum atomic E-state index is 13.0. The lowest BCUT2D eigenvalue weighted by atomic mass is 9.94. The van der Waals surface area contributed by atoms with Crippen LogP contribution >= 0.6 is 0 Å². The molecule has 29 heavy (non-hydrogen) atoms. The fourth-order valence-corrected chi connectivity index (χ4v) is 4.94. The molecule has 4 amide bonds. The molecule has 2 saturated heterocycles. The van der Waals surface area contributed by atoms with Crippen LogP contribution < -0.4 is 10.6 Å². The van der Waals surface area contributed by atoms with Crippen LogP contribution in [0.5, 0.6) is 0 Å². The van der Waals surface area contributed by atoms with Crippen molar-refractivity contribution in [3.63, 3.8) is 0 Å². The Hall–Kier alpha value is -1.79. The van der Waals surface area contributed by atoms with Gasteiger partial charge in [-0.25, -0.2) is 4.79 Å². The topological polar surface area (TPSA) is 81.8 Å². The number of urea groups is 1. The Balaban J connectivity index is 1.39. The molecule has 3 rings (SSSR count). The minimum Gasteiger partial charge on any atom is -0.342 e. The Morgan fingerprint density at radius 3 is 2.10 bits per heavy atom. The van der Waals surface area contributed by atoms with Crippen molar-refractivity contribution in [2.45, 2.75) is 89.6 Å². The molecule has 2 heterocycles. The van der Waals surface area contributed by atoms with Crippen molar-refractivity contribution < 1.29 is 14.4 Å². The monoisotopic (exact) mass is 406 g/mol. The molecule has 7 nitrogen and oxygen atoms in total. The van der Waals surface area contributed by atoms with E-state index in [2.05, 4.69) is 10.6 Å². The largest absolute Gasteiger partial charge is 0.342 e. The van der Waals surface area contributed by atoms with Gasteiger partial charge in [-0.3, -0.25) is 9.59 Å². The Morgan fingerprint density at radius 2 is 1.45 bits per heavy atom. The number of amides is 4. The van der Waals surface area contributed by atoms with Crippen molar-refractivity contribution in [1.82, 2.24) is 20.4 Å². The third-order valence-electron chi connectivity index (χ3n) is 6.67. The second-order valence-corrected chi connectivity index (χ2v) is 8.98. The molecule has 0 aromatic heterocycles. The minimum absolute atomic E-state index is 0.0564. The number of likely N-dealkylation sites (tertiary alicyclic amines) is 2. The van der Waals surface area contributed by atoms with E-state index >= 15 is 0 Å². The number of hydrogen-bond acceptors (Lipinski definition) is 3. The number of nitrogens with zero attached hydrogens (tertiary/aromatic N) is 2. The van der Waals surface area contributed by atoms with Crippen molar-refractivity contribution in [3.8, 4) is 0 Å². The molecule has 0 aromatic carbocycles. The van der Waals surface area contributed by atoms with Gasteiger partial charge in [0.1, 0.15) is 0 Å². The number of hydrogen-bond donors (Lipinski definition) is 2. The smallest absolute Gasteiger partial charge is 0.315 e. The van der Waals surface area contributed by atoms with Crippen LogP contribution in [0.2, 0.25) is 0 Å². The van der Waals surface area contributed by atoms with Crippen LogP contribution in [0.15, 0.2) is 0 Å². The van der Waals surface area contributed by atoms with E-state index in [1.807, 2.05) is 16.7 Å². The molecule has 0 bridgehead atoms. The zero-order valence-electron chi connectivity index (χ0n) is 18.0. The van der Waals surface area contributed by atoms with Gasteiger partial charge in [-0.05, 0) is 44.9 Å². The van der Waals surface area contributed by atoms with Crippen LogP contribution in [-0.4, -0.2) is 65.9 Å². The zero-order chi connectivity index (χ0) is 20.6. The first-order valence-corrected chi connectivity index (χ1v) is 11.7. The van der Waals surface area contributed by atoms with E-state index in [4.69, 9.17) is 0 Å². The van der Waals surface area contributed by atoms with E-state index in [1.54, 1.807) is 0 Å². The van der Waals surface area contributed by atoms with Gasteiger partial charge in [-0.1, -0.05) is 26.2 Å². The molecule has 1 aliphatic carbocycles. The maximum Gasteiger partial charge on any atom is 0.315 e. The minimum atomic E-state index is -0.0661. The molecule has 164 valence electrons. The van der Waals surface area contributed by atoms with E-state index in [0.717, 1.165) is 51.5 Å². The maximum absolute atomic E-state index is 13.0. The second-order valence-electron chi connectivity index (χ2n) is 8.98. The summed E-state index contributed by atoms with van der Waals surface area (Å²) in [4.78, 5) is 41.2. The van der Waals surface area contributed by atoms with Crippen molar-refractivity contribution in [3.05, 3.63) is 0 Å². The first kappa shape index (κ1) is 21.9. The van der Waals surface area contributed by atoms with E-state index < -0.39 is 0 Å². The van der Waals surface area contributed by atoms with E-state index in [9.17, 15) is 14.4 Å². The van der Waals surface area contributed by atoms with Crippen LogP contribution in [0, 0.1) is 5.92 Å². The summed E-state index contributed by atoms with van der Waals surface area (Å²) >= 11 is 0. The molecule has 0 aromatic rings. The summed E-state index contributed by atoms with van der Waals surface area (Å²) in [5, 5.41) is 6.21. The van der Waals surface area contributed by atoms with Gasteiger partial charge >= 0.3 is 6.03 Å². The van der Waals surface area contributed by atoms with E-state index in [1.165, 1.54) is 19.3 Å². The van der Waals surface area contributed by atoms with Crippen LogP contribution in [0.25, 0.3) is 0 Å². The summed E-state index contributed by atoms with van der Waals surface area (Å²) in [5.74, 6) is 0.296. The highest BCUT2D eigenvalue weighted by atomic mass is 16.2. The highest BCUT2D eigenvalue weighted by molar-refractivity contribution is 5.81. The number of nitrogens with one attached hydrogen (secondary N) is 2. The first-order chi connectivity index (χ1) is 14.1. The number of carbonyl (C=O) groups is 3. The molecule has 7 heteroatoms. The standard InChI is InChI=1S/C22H38N4O3/c1-2-7-20(27)26-13-6-8-17(16-26)21(28)25-14-11-19(12-15-25)24-22(29)23-18-9-4-3-5-10-18/h17-19H,2-16H2,1H3,(H2,23,24,29). The Kier molecular flexibility index (Phi) is 8.19. The van der Waals surface area contributed by atoms with Crippen molar-refractivity contribution in [2.75, 3.05) is 26.2 Å². The summed E-state index contributed by atoms with van der Waals surface area (Å²) in [6.07, 6.45) is 10.6. The Morgan fingerprint density at radius 1 is 0.793 bits per heavy atom. The van der Waals surface area contributed by atoms with Crippen molar-refractivity contribution in [1.29, 1.82) is 0 Å². The van der Waals surface area contributed by atoms with Gasteiger partial charge < -0.3 is 20.4 Å². The summed E-state index contributed by atoms with van der Waals surface area (Å²) in [5.41, 5.74) is 0. The third kappa shape index (κ3) is 6.34. The number of rotatable bonds is 5. The van der Waals surface area contributed by atoms with Gasteiger partial charge in [-0.2, -0.15) is 0 Å². The predicted octanol–water partition coefficient (Wildman–Crippen LogP) is 2.65. The SMILES string of the molecule is CCCC(=O)N1CCCC(C(=O)N2CCC(NC(=O)NC3CCCCC3)CC2)C1. The molecule has 1 unspecified atom stereocenters. The average molecular weight is 407 g/mol. The fourth-order valence-electron chi connectivity index (χ4n) is 4.94. The third-order valence-corrected chi connectivity index (χ3v) is 6.67. The number of carbonyl (C=O) groups excluding carboxylic acids is 3. The van der Waals surface area contributed by atoms with E-state index in [-0.39, 0.29) is 29.8 Å². The molecule has 0 radical (unpaired) electrons. The summed E-state index contributed by atoms with van der Waals surface area (Å²) in [6.45, 7) is 4.74. The molecule has 2 N–H and O–H groups in total. The molecule has 1 saturated carbocycles. The van der Waals surface area contributed by atoms with E-state index in [0.29, 0.717) is 32.1 Å². The van der Waals surface area contributed by atoms with Gasteiger partial charge in [0.2, 0.25) is 11.8 Å². The van der Waals surface area contributed by atoms with Crippen LogP contribution in [0.3, 0.4) is 0 Å². The zero-order valence-corrected chi connectivity index (χ0v) is 18.0. The van der Waals surface area contributed by atoms with Gasteiger partial charge in [0.05, 0.1) is 5.92 Å². The predicted molar refractivity (Wildman–Crippen MR) is 112 cm³/mol. The van der Waals surface area contributed by atoms with Crippen LogP contribution in [0.1, 0.15) is 77.6 Å². The Labute approximate surface area is 174 Å². The quantitative estimate of drug-likeness (QED) is 0.736. The fraction of sp³-hybridized carbons (Fsp3) is 0.864. The Bertz CT molecular complexity index is 568. The van der Waals surface area contributed by atoms with Crippen molar-refractivity contribution >= 4 is 17.8 Å². The molecule has 2 aliphatic heterocycles. The van der Waals surface area contributed by atoms with Crippen LogP contribution in [-0.2, 0) is 9.59 Å². The highest BCUT2D eigenvalue weighted by Crippen LogP contribution is 2.22. The summed E-state index contributed by atoms with van der Waals surface area (Å²) < 4.78 is 0. The molecule has 3 aliphatic rings. The normalized spacial score (nSPS) is 24.2. The lowest BCUT2D eigenvalue weighted by Crippen LogP contribution is -2.53. The molecule has 0 spiro atoms. The summed E-state index contributed by atoms with van der Waals surface area (Å²) in [7, 11) is 0.